The van der Waals surface area contributed by atoms with E-state index in [-0.39, 0.29) is 24.1 Å². The molecular formula is C29H43N3O6. The maximum atomic E-state index is 13.6. The van der Waals surface area contributed by atoms with Crippen molar-refractivity contribution >= 4 is 18.1 Å². The van der Waals surface area contributed by atoms with Gasteiger partial charge in [-0.2, -0.15) is 0 Å². The number of carbonyl (C=O) groups excluding carboxylic acids is 2. The average Bonchev–Trinajstić information content (AvgIpc) is 3.36. The fourth-order valence-corrected chi connectivity index (χ4v) is 5.83. The topological polar surface area (TPSA) is 99.6 Å². The SMILES string of the molecule is CCC1CN(C(=O)O)CCN1C(=O)c1ccc(OC2CCN(C(=O)OC(C)(C)C)C2)c(C2CCCCC2)c1. The molecule has 1 saturated carbocycles. The van der Waals surface area contributed by atoms with Crippen molar-refractivity contribution in [1.29, 1.82) is 0 Å². The van der Waals surface area contributed by atoms with Crippen molar-refractivity contribution in [3.8, 4) is 5.75 Å². The van der Waals surface area contributed by atoms with Crippen LogP contribution in [0.15, 0.2) is 18.2 Å². The first-order chi connectivity index (χ1) is 18.1. The number of rotatable bonds is 5. The number of piperazine rings is 1. The maximum Gasteiger partial charge on any atom is 0.410 e. The third-order valence-electron chi connectivity index (χ3n) is 7.88. The van der Waals surface area contributed by atoms with E-state index in [1.807, 2.05) is 50.8 Å². The van der Waals surface area contributed by atoms with Gasteiger partial charge in [0.2, 0.25) is 0 Å². The molecule has 2 saturated heterocycles. The second-order valence-corrected chi connectivity index (χ2v) is 11.8. The van der Waals surface area contributed by atoms with Gasteiger partial charge in [-0.25, -0.2) is 9.59 Å². The zero-order valence-electron chi connectivity index (χ0n) is 23.3. The largest absolute Gasteiger partial charge is 0.488 e. The molecule has 0 aromatic heterocycles. The Morgan fingerprint density at radius 1 is 0.974 bits per heavy atom. The number of nitrogens with zero attached hydrogens (tertiary/aromatic N) is 3. The highest BCUT2D eigenvalue weighted by Crippen LogP contribution is 2.39. The summed E-state index contributed by atoms with van der Waals surface area (Å²) in [6, 6.07) is 5.62. The van der Waals surface area contributed by atoms with Crippen LogP contribution in [0.25, 0.3) is 0 Å². The molecule has 0 spiro atoms. The summed E-state index contributed by atoms with van der Waals surface area (Å²) in [6.45, 7) is 9.71. The number of hydrogen-bond acceptors (Lipinski definition) is 5. The molecular weight excluding hydrogens is 486 g/mol. The second-order valence-electron chi connectivity index (χ2n) is 11.8. The first kappa shape index (κ1) is 28.0. The summed E-state index contributed by atoms with van der Waals surface area (Å²) in [4.78, 5) is 42.5. The van der Waals surface area contributed by atoms with Gasteiger partial charge in [-0.1, -0.05) is 26.2 Å². The fraction of sp³-hybridized carbons (Fsp3) is 0.690. The Morgan fingerprint density at radius 2 is 1.71 bits per heavy atom. The summed E-state index contributed by atoms with van der Waals surface area (Å²) in [7, 11) is 0. The lowest BCUT2D eigenvalue weighted by Gasteiger charge is -2.40. The molecule has 9 nitrogen and oxygen atoms in total. The van der Waals surface area contributed by atoms with Crippen LogP contribution in [0.5, 0.6) is 5.75 Å². The Morgan fingerprint density at radius 3 is 2.37 bits per heavy atom. The molecule has 9 heteroatoms. The molecule has 1 N–H and O–H groups in total. The van der Waals surface area contributed by atoms with Gasteiger partial charge in [-0.3, -0.25) is 4.79 Å². The molecule has 4 rings (SSSR count). The molecule has 2 heterocycles. The van der Waals surface area contributed by atoms with Crippen LogP contribution in [0.3, 0.4) is 0 Å². The number of benzene rings is 1. The van der Waals surface area contributed by atoms with Crippen LogP contribution >= 0.6 is 0 Å². The number of likely N-dealkylation sites (tertiary alicyclic amines) is 1. The Bertz CT molecular complexity index is 1020. The first-order valence-corrected chi connectivity index (χ1v) is 14.1. The first-order valence-electron chi connectivity index (χ1n) is 14.1. The third kappa shape index (κ3) is 6.72. The van der Waals surface area contributed by atoms with Gasteiger partial charge in [-0.15, -0.1) is 0 Å². The van der Waals surface area contributed by atoms with Crippen LogP contribution in [-0.2, 0) is 4.74 Å². The van der Waals surface area contributed by atoms with Crippen LogP contribution < -0.4 is 4.74 Å². The van der Waals surface area contributed by atoms with E-state index >= 15 is 0 Å². The van der Waals surface area contributed by atoms with Crippen LogP contribution in [-0.4, -0.2) is 88.4 Å². The normalized spacial score (nSPS) is 22.9. The Balaban J connectivity index is 1.51. The summed E-state index contributed by atoms with van der Waals surface area (Å²) in [5.74, 6) is 1.08. The highest BCUT2D eigenvalue weighted by atomic mass is 16.6. The zero-order chi connectivity index (χ0) is 27.4. The molecule has 3 fully saturated rings. The molecule has 2 aliphatic heterocycles. The Kier molecular flexibility index (Phi) is 8.73. The minimum absolute atomic E-state index is 0.0533. The molecule has 0 bridgehead atoms. The van der Waals surface area contributed by atoms with E-state index < -0.39 is 11.7 Å². The monoisotopic (exact) mass is 529 g/mol. The fourth-order valence-electron chi connectivity index (χ4n) is 5.83. The van der Waals surface area contributed by atoms with Crippen LogP contribution in [0.2, 0.25) is 0 Å². The lowest BCUT2D eigenvalue weighted by molar-refractivity contribution is 0.0275. The van der Waals surface area contributed by atoms with Crippen LogP contribution in [0.1, 0.15) is 94.5 Å². The van der Waals surface area contributed by atoms with Gasteiger partial charge in [-0.05, 0) is 69.7 Å². The summed E-state index contributed by atoms with van der Waals surface area (Å²) in [5.41, 5.74) is 1.16. The smallest absolute Gasteiger partial charge is 0.410 e. The summed E-state index contributed by atoms with van der Waals surface area (Å²) >= 11 is 0. The highest BCUT2D eigenvalue weighted by Gasteiger charge is 2.34. The minimum Gasteiger partial charge on any atom is -0.488 e. The van der Waals surface area contributed by atoms with Gasteiger partial charge < -0.3 is 29.3 Å². The summed E-state index contributed by atoms with van der Waals surface area (Å²) in [6.07, 6.45) is 5.73. The molecule has 3 aliphatic rings. The summed E-state index contributed by atoms with van der Waals surface area (Å²) < 4.78 is 12.0. The van der Waals surface area contributed by atoms with Gasteiger partial charge in [0.1, 0.15) is 17.5 Å². The molecule has 3 amide bonds. The molecule has 210 valence electrons. The van der Waals surface area contributed by atoms with Gasteiger partial charge in [0.15, 0.2) is 0 Å². The van der Waals surface area contributed by atoms with Gasteiger partial charge >= 0.3 is 12.2 Å². The van der Waals surface area contributed by atoms with Crippen molar-refractivity contribution in [1.82, 2.24) is 14.7 Å². The van der Waals surface area contributed by atoms with E-state index in [2.05, 4.69) is 0 Å². The van der Waals surface area contributed by atoms with Gasteiger partial charge in [0, 0.05) is 44.2 Å². The third-order valence-corrected chi connectivity index (χ3v) is 7.88. The molecule has 2 atom stereocenters. The molecule has 38 heavy (non-hydrogen) atoms. The number of carboxylic acid groups (broad SMARTS) is 1. The highest BCUT2D eigenvalue weighted by molar-refractivity contribution is 5.95. The quantitative estimate of drug-likeness (QED) is 0.553. The maximum absolute atomic E-state index is 13.6. The Labute approximate surface area is 226 Å². The van der Waals surface area contributed by atoms with Crippen molar-refractivity contribution in [2.24, 2.45) is 0 Å². The lowest BCUT2D eigenvalue weighted by Crippen LogP contribution is -2.56. The van der Waals surface area contributed by atoms with E-state index in [1.165, 1.54) is 11.3 Å². The van der Waals surface area contributed by atoms with Crippen molar-refractivity contribution in [3.05, 3.63) is 29.3 Å². The van der Waals surface area contributed by atoms with Crippen LogP contribution in [0.4, 0.5) is 9.59 Å². The minimum atomic E-state index is -0.936. The number of carbonyl (C=O) groups is 3. The average molecular weight is 530 g/mol. The van der Waals surface area contributed by atoms with Crippen molar-refractivity contribution < 1.29 is 29.0 Å². The predicted molar refractivity (Wildman–Crippen MR) is 144 cm³/mol. The number of hydrogen-bond donors (Lipinski definition) is 1. The second kappa shape index (κ2) is 11.8. The van der Waals surface area contributed by atoms with E-state index in [9.17, 15) is 19.5 Å². The van der Waals surface area contributed by atoms with Crippen molar-refractivity contribution in [2.45, 2.75) is 96.3 Å². The van der Waals surface area contributed by atoms with Crippen molar-refractivity contribution in [3.63, 3.8) is 0 Å². The van der Waals surface area contributed by atoms with E-state index in [1.54, 1.807) is 4.90 Å². The zero-order valence-corrected chi connectivity index (χ0v) is 23.3. The molecule has 1 aromatic carbocycles. The standard InChI is InChI=1S/C29H43N3O6/c1-5-22-18-30(27(34)35)15-16-32(22)26(33)21-11-12-25(24(17-21)20-9-7-6-8-10-20)37-23-13-14-31(19-23)28(36)38-29(2,3)4/h11-12,17,20,22-23H,5-10,13-16,18-19H2,1-4H3,(H,34,35). The molecule has 2 unspecified atom stereocenters. The molecule has 1 aliphatic carbocycles. The van der Waals surface area contributed by atoms with Crippen molar-refractivity contribution in [2.75, 3.05) is 32.7 Å². The van der Waals surface area contributed by atoms with Gasteiger partial charge in [0.05, 0.1) is 6.54 Å². The molecule has 1 aromatic rings. The van der Waals surface area contributed by atoms with E-state index in [4.69, 9.17) is 9.47 Å². The molecule has 0 radical (unpaired) electrons. The summed E-state index contributed by atoms with van der Waals surface area (Å²) in [5, 5.41) is 9.40. The number of ether oxygens (including phenoxy) is 2. The lowest BCUT2D eigenvalue weighted by atomic mass is 9.83. The van der Waals surface area contributed by atoms with E-state index in [0.29, 0.717) is 50.6 Å². The Hall–Kier alpha value is -2.97. The van der Waals surface area contributed by atoms with Gasteiger partial charge in [0.25, 0.3) is 5.91 Å². The van der Waals surface area contributed by atoms with Crippen LogP contribution in [0, 0.1) is 0 Å². The number of amides is 3. The van der Waals surface area contributed by atoms with E-state index in [0.717, 1.165) is 43.4 Å². The predicted octanol–water partition coefficient (Wildman–Crippen LogP) is 5.34.